The van der Waals surface area contributed by atoms with E-state index in [-0.39, 0.29) is 11.5 Å². The Morgan fingerprint density at radius 1 is 0.875 bits per heavy atom. The van der Waals surface area contributed by atoms with Gasteiger partial charge in [0.05, 0.1) is 5.39 Å². The van der Waals surface area contributed by atoms with Gasteiger partial charge in [0.15, 0.2) is 0 Å². The number of carbonyl (C=O) groups is 1. The van der Waals surface area contributed by atoms with Gasteiger partial charge in [0.25, 0.3) is 0 Å². The van der Waals surface area contributed by atoms with Crippen LogP contribution in [0.1, 0.15) is 35.1 Å². The minimum atomic E-state index is -0.239. The molecule has 0 radical (unpaired) electrons. The number of aromatic amines is 1. The molecule has 2 aliphatic heterocycles. The van der Waals surface area contributed by atoms with Crippen molar-refractivity contribution >= 4 is 28.6 Å². The summed E-state index contributed by atoms with van der Waals surface area (Å²) >= 11 is 0. The van der Waals surface area contributed by atoms with Gasteiger partial charge in [-0.2, -0.15) is 0 Å². The average Bonchev–Trinajstić information content (AvgIpc) is 3.57. The molecule has 2 aromatic heterocycles. The van der Waals surface area contributed by atoms with E-state index in [4.69, 9.17) is 9.72 Å². The van der Waals surface area contributed by atoms with Crippen LogP contribution in [0.3, 0.4) is 0 Å². The first-order chi connectivity index (χ1) is 19.7. The highest BCUT2D eigenvalue weighted by molar-refractivity contribution is 5.94. The van der Waals surface area contributed by atoms with Crippen molar-refractivity contribution in [3.8, 4) is 0 Å². The molecule has 40 heavy (non-hydrogen) atoms. The average molecular weight is 530 g/mol. The molecule has 1 amide bonds. The maximum Gasteiger partial charge on any atom is 0.410 e. The number of amides is 1. The van der Waals surface area contributed by atoms with Crippen molar-refractivity contribution in [1.82, 2.24) is 19.9 Å². The zero-order chi connectivity index (χ0) is 26.9. The van der Waals surface area contributed by atoms with Crippen LogP contribution in [0, 0.1) is 0 Å². The molecule has 1 spiro atoms. The highest BCUT2D eigenvalue weighted by atomic mass is 16.6. The summed E-state index contributed by atoms with van der Waals surface area (Å²) in [6.07, 6.45) is 6.03. The fourth-order valence-electron chi connectivity index (χ4n) is 6.34. The molecule has 1 saturated heterocycles. The van der Waals surface area contributed by atoms with Gasteiger partial charge in [-0.05, 0) is 47.6 Å². The molecule has 1 N–H and O–H groups in total. The molecule has 4 heterocycles. The van der Waals surface area contributed by atoms with E-state index in [1.54, 1.807) is 6.33 Å². The summed E-state index contributed by atoms with van der Waals surface area (Å²) in [6.45, 7) is 2.45. The smallest absolute Gasteiger partial charge is 0.410 e. The maximum absolute atomic E-state index is 12.9. The van der Waals surface area contributed by atoms with Crippen LogP contribution in [0.2, 0.25) is 0 Å². The normalized spacial score (nSPS) is 15.9. The summed E-state index contributed by atoms with van der Waals surface area (Å²) in [4.78, 5) is 29.9. The Bertz CT molecular complexity index is 1640. The molecule has 3 aromatic carbocycles. The van der Waals surface area contributed by atoms with Crippen molar-refractivity contribution in [3.05, 3.63) is 120 Å². The zero-order valence-corrected chi connectivity index (χ0v) is 22.3. The Morgan fingerprint density at radius 2 is 1.57 bits per heavy atom. The van der Waals surface area contributed by atoms with Crippen LogP contribution in [0.4, 0.5) is 16.3 Å². The molecule has 0 unspecified atom stereocenters. The summed E-state index contributed by atoms with van der Waals surface area (Å²) < 4.78 is 5.64. The molecule has 0 atom stereocenters. The number of para-hydroxylation sites is 1. The first kappa shape index (κ1) is 24.4. The third-order valence-electron chi connectivity index (χ3n) is 8.44. The predicted octanol–water partition coefficient (Wildman–Crippen LogP) is 6.37. The number of likely N-dealkylation sites (tertiary alicyclic amines) is 1. The number of ether oxygens (including phenoxy) is 1. The third-order valence-corrected chi connectivity index (χ3v) is 8.44. The molecule has 2 aliphatic rings. The summed E-state index contributed by atoms with van der Waals surface area (Å²) in [7, 11) is 0. The first-order valence-electron chi connectivity index (χ1n) is 13.9. The van der Waals surface area contributed by atoms with Gasteiger partial charge in [-0.3, -0.25) is 0 Å². The maximum atomic E-state index is 12.9. The monoisotopic (exact) mass is 529 g/mol. The highest BCUT2D eigenvalue weighted by Gasteiger charge is 2.46. The number of nitrogens with zero attached hydrogens (tertiary/aromatic N) is 4. The van der Waals surface area contributed by atoms with Gasteiger partial charge in [0.1, 0.15) is 24.4 Å². The Labute approximate surface area is 233 Å². The lowest BCUT2D eigenvalue weighted by molar-refractivity contribution is 0.0791. The van der Waals surface area contributed by atoms with Crippen LogP contribution in [0.25, 0.3) is 11.0 Å². The Morgan fingerprint density at radius 3 is 2.35 bits per heavy atom. The van der Waals surface area contributed by atoms with E-state index in [9.17, 15) is 4.79 Å². The van der Waals surface area contributed by atoms with Gasteiger partial charge in [-0.25, -0.2) is 14.8 Å². The number of hydrogen-bond donors (Lipinski definition) is 1. The molecule has 0 bridgehead atoms. The van der Waals surface area contributed by atoms with E-state index < -0.39 is 0 Å². The van der Waals surface area contributed by atoms with E-state index in [2.05, 4.69) is 69.6 Å². The molecular formula is C33H31N5O2. The summed E-state index contributed by atoms with van der Waals surface area (Å²) in [5.41, 5.74) is 6.76. The van der Waals surface area contributed by atoms with Crippen LogP contribution >= 0.6 is 0 Å². The van der Waals surface area contributed by atoms with Gasteiger partial charge in [-0.1, -0.05) is 78.9 Å². The van der Waals surface area contributed by atoms with Gasteiger partial charge < -0.3 is 19.5 Å². The van der Waals surface area contributed by atoms with Crippen molar-refractivity contribution in [2.45, 2.75) is 31.3 Å². The largest absolute Gasteiger partial charge is 0.445 e. The molecule has 7 rings (SSSR count). The number of carbonyl (C=O) groups excluding carboxylic acids is 1. The van der Waals surface area contributed by atoms with E-state index in [0.717, 1.165) is 48.2 Å². The second-order valence-electron chi connectivity index (χ2n) is 10.8. The molecular weight excluding hydrogens is 498 g/mol. The van der Waals surface area contributed by atoms with Gasteiger partial charge in [0.2, 0.25) is 0 Å². The number of hydrogen-bond acceptors (Lipinski definition) is 5. The topological polar surface area (TPSA) is 74.3 Å². The Hall–Kier alpha value is -4.65. The lowest BCUT2D eigenvalue weighted by atomic mass is 9.74. The van der Waals surface area contributed by atoms with Crippen molar-refractivity contribution in [2.75, 3.05) is 24.5 Å². The molecule has 7 nitrogen and oxygen atoms in total. The number of H-pyrrole nitrogens is 1. The second-order valence-corrected chi connectivity index (χ2v) is 10.8. The summed E-state index contributed by atoms with van der Waals surface area (Å²) in [6, 6.07) is 29.0. The molecule has 0 saturated carbocycles. The molecule has 0 aliphatic carbocycles. The number of aromatic nitrogens is 3. The van der Waals surface area contributed by atoms with Crippen LogP contribution in [-0.4, -0.2) is 45.6 Å². The Balaban J connectivity index is 1.14. The molecule has 1 fully saturated rings. The van der Waals surface area contributed by atoms with Crippen LogP contribution in [-0.2, 0) is 23.2 Å². The number of rotatable bonds is 5. The minimum absolute atomic E-state index is 0.0556. The lowest BCUT2D eigenvalue weighted by Crippen LogP contribution is -2.47. The molecule has 7 heteroatoms. The fourth-order valence-corrected chi connectivity index (χ4v) is 6.34. The van der Waals surface area contributed by atoms with E-state index in [1.165, 1.54) is 22.4 Å². The molecule has 200 valence electrons. The van der Waals surface area contributed by atoms with Crippen molar-refractivity contribution in [3.63, 3.8) is 0 Å². The van der Waals surface area contributed by atoms with Crippen molar-refractivity contribution in [2.24, 2.45) is 0 Å². The fraction of sp³-hybridized carbons (Fsp3) is 0.242. The summed E-state index contributed by atoms with van der Waals surface area (Å²) in [5, 5.41) is 1.07. The second kappa shape index (κ2) is 10.2. The van der Waals surface area contributed by atoms with E-state index in [0.29, 0.717) is 19.7 Å². The number of fused-ring (bicyclic) bond motifs is 3. The van der Waals surface area contributed by atoms with Crippen molar-refractivity contribution < 1.29 is 9.53 Å². The number of nitrogens with one attached hydrogen (secondary N) is 1. The quantitative estimate of drug-likeness (QED) is 0.286. The Kier molecular flexibility index (Phi) is 6.19. The SMILES string of the molecule is O=C(OCc1ccccc1)N1CCC2(CC1)CN(c1ncnc3[nH]cc(Cc4ccccc4)c13)c1ccccc12. The summed E-state index contributed by atoms with van der Waals surface area (Å²) in [5.74, 6) is 0.936. The van der Waals surface area contributed by atoms with Gasteiger partial charge >= 0.3 is 6.09 Å². The highest BCUT2D eigenvalue weighted by Crippen LogP contribution is 2.50. The standard InChI is InChI=1S/C33H31N5O2/c39-32(40-21-25-11-5-2-6-12-25)37-17-15-33(16-18-37)22-38(28-14-8-7-13-27(28)33)31-29-26(19-24-9-3-1-4-10-24)20-34-30(29)35-23-36-31/h1-14,20,23H,15-19,21-22H2,(H,34,35,36). The van der Waals surface area contributed by atoms with Crippen LogP contribution in [0.5, 0.6) is 0 Å². The first-order valence-corrected chi connectivity index (χ1v) is 13.9. The van der Waals surface area contributed by atoms with Gasteiger partial charge in [-0.15, -0.1) is 0 Å². The van der Waals surface area contributed by atoms with Gasteiger partial charge in [0, 0.05) is 36.9 Å². The zero-order valence-electron chi connectivity index (χ0n) is 22.3. The minimum Gasteiger partial charge on any atom is -0.445 e. The van der Waals surface area contributed by atoms with Crippen molar-refractivity contribution in [1.29, 1.82) is 0 Å². The predicted molar refractivity (Wildman–Crippen MR) is 156 cm³/mol. The molecule has 5 aromatic rings. The lowest BCUT2D eigenvalue weighted by Gasteiger charge is -2.39. The van der Waals surface area contributed by atoms with E-state index >= 15 is 0 Å². The third kappa shape index (κ3) is 4.37. The van der Waals surface area contributed by atoms with E-state index in [1.807, 2.05) is 41.3 Å². The van der Waals surface area contributed by atoms with Crippen LogP contribution < -0.4 is 4.90 Å². The number of piperidine rings is 1. The van der Waals surface area contributed by atoms with Crippen LogP contribution in [0.15, 0.2) is 97.5 Å². The number of benzene rings is 3. The number of anilines is 2.